The number of carbonyl (C=O) groups is 1. The molecule has 0 bridgehead atoms. The minimum Gasteiger partial charge on any atom is -0.756 e. The average molecular weight is 737 g/mol. The van der Waals surface area contributed by atoms with E-state index in [9.17, 15) is 57.7 Å². The molecule has 0 spiro atoms. The molecule has 1 aromatic carbocycles. The summed E-state index contributed by atoms with van der Waals surface area (Å²) in [7, 11) is -24.5. The summed E-state index contributed by atoms with van der Waals surface area (Å²) in [4.78, 5) is 73.9. The van der Waals surface area contributed by atoms with Gasteiger partial charge in [0, 0.05) is 18.0 Å². The van der Waals surface area contributed by atoms with Crippen molar-refractivity contribution in [2.24, 2.45) is 0 Å². The lowest BCUT2D eigenvalue weighted by molar-refractivity contribution is -0.642. The number of H-pyrrole nitrogens is 1. The molecule has 0 radical (unpaired) electrons. The minimum atomic E-state index is -6.38. The number of hydrogen-bond acceptors (Lipinski definition) is 20. The maximum absolute atomic E-state index is 12.5. The number of rotatable bonds is 16. The van der Waals surface area contributed by atoms with Crippen molar-refractivity contribution < 1.29 is 84.2 Å². The van der Waals surface area contributed by atoms with Gasteiger partial charge in [0.2, 0.25) is 0 Å². The molecule has 3 rings (SSSR count). The smallest absolute Gasteiger partial charge is 0.478 e. The van der Waals surface area contributed by atoms with Crippen LogP contribution in [0.1, 0.15) is 19.6 Å². The van der Waals surface area contributed by atoms with E-state index < -0.39 is 86.4 Å². The molecule has 1 aliphatic heterocycles. The monoisotopic (exact) mass is 737 g/mol. The molecule has 46 heavy (non-hydrogen) atoms. The lowest BCUT2D eigenvalue weighted by Crippen LogP contribution is -2.41. The van der Waals surface area contributed by atoms with E-state index in [0.29, 0.717) is 4.57 Å². The summed E-state index contributed by atoms with van der Waals surface area (Å²) in [5.74, 6) is 0. The molecule has 2 aromatic rings. The second kappa shape index (κ2) is 15.7. The van der Waals surface area contributed by atoms with Crippen LogP contribution in [0.15, 0.2) is 52.2 Å². The highest BCUT2D eigenvalue weighted by Crippen LogP contribution is 2.70. The van der Waals surface area contributed by atoms with Crippen molar-refractivity contribution in [3.8, 4) is 0 Å². The van der Waals surface area contributed by atoms with Gasteiger partial charge >= 0.3 is 19.6 Å². The summed E-state index contributed by atoms with van der Waals surface area (Å²) < 4.78 is 81.5. The number of aliphatic hydroxyl groups excluding tert-OH is 1. The molecule has 2 heterocycles. The van der Waals surface area contributed by atoms with Crippen LogP contribution >= 0.6 is 31.3 Å². The fourth-order valence-electron chi connectivity index (χ4n) is 3.47. The average Bonchev–Trinajstić information content (AvgIpc) is 3.24. The number of aromatic nitrogens is 2. The van der Waals surface area contributed by atoms with E-state index in [4.69, 9.17) is 9.47 Å². The fraction of sp³-hybridized carbons (Fsp3) is 0.421. The topological polar surface area (TPSA) is 339 Å². The van der Waals surface area contributed by atoms with E-state index in [1.54, 1.807) is 18.2 Å². The zero-order valence-corrected chi connectivity index (χ0v) is 26.5. The Bertz CT molecular complexity index is 1670. The summed E-state index contributed by atoms with van der Waals surface area (Å²) >= 11 is 0. The summed E-state index contributed by atoms with van der Waals surface area (Å²) in [6.45, 7) is -0.448. The Morgan fingerprint density at radius 3 is 2.24 bits per heavy atom. The third-order valence-corrected chi connectivity index (χ3v) is 11.2. The number of aromatic amines is 1. The van der Waals surface area contributed by atoms with Gasteiger partial charge in [-0.3, -0.25) is 33.4 Å². The number of benzene rings is 1. The predicted molar refractivity (Wildman–Crippen MR) is 139 cm³/mol. The zero-order valence-electron chi connectivity index (χ0n) is 22.9. The van der Waals surface area contributed by atoms with Crippen molar-refractivity contribution in [2.45, 2.75) is 37.9 Å². The van der Waals surface area contributed by atoms with Crippen LogP contribution < -0.4 is 36.5 Å². The molecule has 27 heteroatoms. The third-order valence-electron chi connectivity index (χ3n) is 5.24. The Hall–Kier alpha value is -2.39. The third kappa shape index (κ3) is 11.1. The summed E-state index contributed by atoms with van der Waals surface area (Å²) in [5, 5.41) is 24.0. The highest BCUT2D eigenvalue weighted by molar-refractivity contribution is 7.69. The molecule has 3 N–H and O–H groups in total. The Morgan fingerprint density at radius 2 is 1.63 bits per heavy atom. The molecule has 0 saturated carbocycles. The van der Waals surface area contributed by atoms with Crippen molar-refractivity contribution >= 4 is 43.1 Å². The second-order valence-corrected chi connectivity index (χ2v) is 14.9. The largest absolute Gasteiger partial charge is 0.756 e. The molecule has 23 nitrogen and oxygen atoms in total. The lowest BCUT2D eigenvalue weighted by atomic mass is 10.1. The summed E-state index contributed by atoms with van der Waals surface area (Å²) in [6, 6.07) is 8.58. The van der Waals surface area contributed by atoms with Crippen LogP contribution in [0.2, 0.25) is 0 Å². The van der Waals surface area contributed by atoms with E-state index in [2.05, 4.69) is 32.0 Å². The van der Waals surface area contributed by atoms with Gasteiger partial charge in [-0.2, -0.15) is 0 Å². The van der Waals surface area contributed by atoms with Crippen LogP contribution in [0.4, 0.5) is 10.5 Å². The number of aliphatic hydroxyl groups is 1. The van der Waals surface area contributed by atoms with Gasteiger partial charge in [-0.15, -0.1) is 0 Å². The lowest BCUT2D eigenvalue weighted by Gasteiger charge is -2.34. The molecule has 1 aliphatic rings. The van der Waals surface area contributed by atoms with E-state index in [-0.39, 0.29) is 12.1 Å². The standard InChI is InChI=1S/C19H27N3O20P4/c1-2-10-35-43(28,29)40-45(32,33)42-46(34,39-27)41-44(30,31)36-11-13-15(24)16(38-19(26)20-12-6-4-3-5-7-12)17(37-13)22-9-8-14(23)21-18(22)25/h3-9,13,15-17,24,27H,2,10-11H2,1H3,(H,20,26)(H,28,29)(H,30,31)(H,32,33)(H,21,23,25)/p-4/t13-,15?,16+,17-,46?/m1/s1. The van der Waals surface area contributed by atoms with Gasteiger partial charge in [-0.05, 0) is 18.6 Å². The van der Waals surface area contributed by atoms with Gasteiger partial charge in [0.25, 0.3) is 29.0 Å². The molecule has 258 valence electrons. The Balaban J connectivity index is 1.74. The van der Waals surface area contributed by atoms with Crippen LogP contribution in [0.25, 0.3) is 0 Å². The molecule has 5 unspecified atom stereocenters. The van der Waals surface area contributed by atoms with Crippen LogP contribution in [0.3, 0.4) is 0 Å². The van der Waals surface area contributed by atoms with Crippen LogP contribution in [-0.2, 0) is 54.4 Å². The van der Waals surface area contributed by atoms with Crippen molar-refractivity contribution in [3.63, 3.8) is 0 Å². The number of phosphoric acid groups is 4. The van der Waals surface area contributed by atoms with Crippen molar-refractivity contribution in [2.75, 3.05) is 18.5 Å². The number of nitrogens with zero attached hydrogens (tertiary/aromatic N) is 1. The van der Waals surface area contributed by atoms with Gasteiger partial charge in [0.1, 0.15) is 12.2 Å². The quantitative estimate of drug-likeness (QED) is 0.102. The first kappa shape index (κ1) is 38.1. The van der Waals surface area contributed by atoms with Gasteiger partial charge in [-0.1, -0.05) is 25.1 Å². The van der Waals surface area contributed by atoms with Crippen molar-refractivity contribution in [3.05, 3.63) is 63.4 Å². The number of hydrogen-bond donors (Lipinski definition) is 3. The Morgan fingerprint density at radius 1 is 1.00 bits per heavy atom. The van der Waals surface area contributed by atoms with E-state index in [1.807, 2.05) is 4.98 Å². The number of carbonyl (C=O) groups excluding carboxylic acids is 1. The number of ether oxygens (including phenoxy) is 2. The minimum absolute atomic E-state index is 0.0666. The SMILES string of the molecule is CCCOP(=O)([O-])OP(=O)([O-])OP(=O)(O[O-])OP(=O)([O-])OC[C@H]1O[C@@H](n2ccc(=O)[nH]c2=O)[C@@H](OC(=O)Nc2ccccc2)C1O. The van der Waals surface area contributed by atoms with Gasteiger partial charge < -0.3 is 48.2 Å². The Kier molecular flexibility index (Phi) is 13.0. The Labute approximate surface area is 256 Å². The van der Waals surface area contributed by atoms with E-state index in [0.717, 1.165) is 12.3 Å². The summed E-state index contributed by atoms with van der Waals surface area (Å²) in [6.07, 6.45) is -7.60. The first-order chi connectivity index (χ1) is 21.4. The van der Waals surface area contributed by atoms with E-state index in [1.165, 1.54) is 19.1 Å². The first-order valence-electron chi connectivity index (χ1n) is 12.3. The van der Waals surface area contributed by atoms with E-state index >= 15 is 0 Å². The second-order valence-electron chi connectivity index (χ2n) is 8.67. The normalized spacial score (nSPS) is 25.0. The summed E-state index contributed by atoms with van der Waals surface area (Å²) in [5.41, 5.74) is -1.70. The highest BCUT2D eigenvalue weighted by Gasteiger charge is 2.48. The predicted octanol–water partition coefficient (Wildman–Crippen LogP) is -1.29. The van der Waals surface area contributed by atoms with Crippen LogP contribution in [0.5, 0.6) is 0 Å². The fourth-order valence-corrected chi connectivity index (χ4v) is 8.51. The molecule has 8 atom stereocenters. The number of nitrogens with one attached hydrogen (secondary N) is 2. The van der Waals surface area contributed by atoms with Gasteiger partial charge in [0.05, 0.1) is 13.2 Å². The van der Waals surface area contributed by atoms with Crippen molar-refractivity contribution in [1.29, 1.82) is 0 Å². The van der Waals surface area contributed by atoms with Crippen molar-refractivity contribution in [1.82, 2.24) is 9.55 Å². The molecule has 1 saturated heterocycles. The molecule has 1 fully saturated rings. The number of phosphoric ester groups is 2. The molecule has 0 aliphatic carbocycles. The molecule has 1 amide bonds. The van der Waals surface area contributed by atoms with Gasteiger partial charge in [0.15, 0.2) is 12.3 Å². The molecule has 1 aromatic heterocycles. The first-order valence-corrected chi connectivity index (χ1v) is 18.2. The maximum Gasteiger partial charge on any atom is 0.478 e. The zero-order chi connectivity index (χ0) is 34.3. The maximum atomic E-state index is 12.5. The van der Waals surface area contributed by atoms with Gasteiger partial charge in [-0.25, -0.2) is 27.1 Å². The number of para-hydroxylation sites is 1. The number of amides is 1. The number of anilines is 1. The highest BCUT2D eigenvalue weighted by atomic mass is 31.3. The van der Waals surface area contributed by atoms with Crippen LogP contribution in [0, 0.1) is 0 Å². The molecular weight excluding hydrogens is 714 g/mol. The van der Waals surface area contributed by atoms with Crippen LogP contribution in [-0.4, -0.2) is 52.3 Å². The molecular formula is C19H23N3O20P4-4.